The van der Waals surface area contributed by atoms with Crippen LogP contribution in [0.25, 0.3) is 0 Å². The predicted molar refractivity (Wildman–Crippen MR) is 128 cm³/mol. The van der Waals surface area contributed by atoms with Crippen LogP contribution in [0, 0.1) is 6.92 Å². The molecule has 0 heterocycles. The van der Waals surface area contributed by atoms with Gasteiger partial charge >= 0.3 is 5.97 Å². The summed E-state index contributed by atoms with van der Waals surface area (Å²) >= 11 is 0. The molecule has 0 aliphatic rings. The first-order chi connectivity index (χ1) is 14.8. The highest BCUT2D eigenvalue weighted by molar-refractivity contribution is 5.80. The second-order valence-electron chi connectivity index (χ2n) is 8.85. The van der Waals surface area contributed by atoms with Crippen LogP contribution in [0.4, 0.5) is 0 Å². The lowest BCUT2D eigenvalue weighted by atomic mass is 9.85. The zero-order chi connectivity index (χ0) is 22.3. The topological polar surface area (TPSA) is 38.7 Å². The molecule has 0 bridgehead atoms. The molecule has 3 heteroatoms. The van der Waals surface area contributed by atoms with Crippen molar-refractivity contribution in [3.8, 4) is 0 Å². The minimum atomic E-state index is -0.522. The maximum absolute atomic E-state index is 12.8. The van der Waals surface area contributed by atoms with E-state index in [0.29, 0.717) is 0 Å². The molecule has 0 fully saturated rings. The molecule has 3 nitrogen and oxygen atoms in total. The van der Waals surface area contributed by atoms with Gasteiger partial charge in [-0.3, -0.25) is 9.79 Å². The van der Waals surface area contributed by atoms with E-state index < -0.39 is 5.60 Å². The average Bonchev–Trinajstić information content (AvgIpc) is 2.74. The molecule has 0 N–H and O–H groups in total. The van der Waals surface area contributed by atoms with Gasteiger partial charge in [-0.2, -0.15) is 0 Å². The molecule has 3 aromatic carbocycles. The monoisotopic (exact) mass is 413 g/mol. The van der Waals surface area contributed by atoms with Gasteiger partial charge in [0.1, 0.15) is 5.60 Å². The molecule has 0 aliphatic heterocycles. The molecule has 0 radical (unpaired) electrons. The number of aliphatic imine (C=N–C) groups is 1. The van der Waals surface area contributed by atoms with Crippen LogP contribution in [0.1, 0.15) is 61.4 Å². The molecule has 160 valence electrons. The van der Waals surface area contributed by atoms with Crippen LogP contribution in [-0.4, -0.2) is 17.8 Å². The lowest BCUT2D eigenvalue weighted by Crippen LogP contribution is -2.26. The van der Waals surface area contributed by atoms with E-state index in [1.807, 2.05) is 63.4 Å². The van der Waals surface area contributed by atoms with E-state index in [2.05, 4.69) is 55.5 Å². The quantitative estimate of drug-likeness (QED) is 0.320. The summed E-state index contributed by atoms with van der Waals surface area (Å²) in [4.78, 5) is 17.8. The van der Waals surface area contributed by atoms with E-state index in [1.54, 1.807) is 0 Å². The van der Waals surface area contributed by atoms with Gasteiger partial charge < -0.3 is 4.74 Å². The number of nitrogens with zero attached hydrogens (tertiary/aromatic N) is 1. The van der Waals surface area contributed by atoms with Crippen LogP contribution in [0.5, 0.6) is 0 Å². The highest BCUT2D eigenvalue weighted by Crippen LogP contribution is 2.37. The summed E-state index contributed by atoms with van der Waals surface area (Å²) < 4.78 is 5.66. The van der Waals surface area contributed by atoms with Gasteiger partial charge in [0.15, 0.2) is 0 Å². The SMILES string of the molecule is Cc1ccc(C=N[C@H](c2ccccc2)[C@@H](CC(=O)OC(C)(C)C)c2ccccc2)cc1. The van der Waals surface area contributed by atoms with Crippen LogP contribution < -0.4 is 0 Å². The summed E-state index contributed by atoms with van der Waals surface area (Å²) in [5.74, 6) is -0.354. The molecule has 31 heavy (non-hydrogen) atoms. The van der Waals surface area contributed by atoms with Gasteiger partial charge in [0.2, 0.25) is 0 Å². The Morgan fingerprint density at radius 3 is 1.97 bits per heavy atom. The Morgan fingerprint density at radius 2 is 1.42 bits per heavy atom. The van der Waals surface area contributed by atoms with Gasteiger partial charge in [0, 0.05) is 12.1 Å². The zero-order valence-electron chi connectivity index (χ0n) is 18.8. The third kappa shape index (κ3) is 6.92. The Kier molecular flexibility index (Phi) is 7.41. The van der Waals surface area contributed by atoms with Gasteiger partial charge in [0.05, 0.1) is 12.5 Å². The minimum absolute atomic E-state index is 0.139. The van der Waals surface area contributed by atoms with Gasteiger partial charge in [-0.05, 0) is 44.4 Å². The normalized spacial score (nSPS) is 13.7. The Hall–Kier alpha value is -3.20. The molecule has 0 unspecified atom stereocenters. The summed E-state index contributed by atoms with van der Waals surface area (Å²) in [5, 5.41) is 0. The molecule has 0 amide bonds. The summed E-state index contributed by atoms with van der Waals surface area (Å²) in [6.45, 7) is 7.76. The number of benzene rings is 3. The third-order valence-electron chi connectivity index (χ3n) is 5.02. The number of esters is 1. The second-order valence-corrected chi connectivity index (χ2v) is 8.85. The molecule has 3 aromatic rings. The number of aryl methyl sites for hydroxylation is 1. The summed E-state index contributed by atoms with van der Waals surface area (Å²) in [6.07, 6.45) is 2.16. The van der Waals surface area contributed by atoms with Crippen LogP contribution in [0.3, 0.4) is 0 Å². The van der Waals surface area contributed by atoms with E-state index in [0.717, 1.165) is 16.7 Å². The van der Waals surface area contributed by atoms with E-state index in [9.17, 15) is 4.79 Å². The van der Waals surface area contributed by atoms with Crippen LogP contribution in [-0.2, 0) is 9.53 Å². The molecule has 0 saturated heterocycles. The molecule has 2 atom stereocenters. The summed E-state index contributed by atoms with van der Waals surface area (Å²) in [7, 11) is 0. The third-order valence-corrected chi connectivity index (χ3v) is 5.02. The fourth-order valence-corrected chi connectivity index (χ4v) is 3.57. The molecule has 0 aromatic heterocycles. The van der Waals surface area contributed by atoms with Crippen molar-refractivity contribution in [2.24, 2.45) is 4.99 Å². The fraction of sp³-hybridized carbons (Fsp3) is 0.286. The molecule has 0 aliphatic carbocycles. The van der Waals surface area contributed by atoms with Gasteiger partial charge in [-0.25, -0.2) is 0 Å². The smallest absolute Gasteiger partial charge is 0.307 e. The molecule has 3 rings (SSSR count). The molecule has 0 saturated carbocycles. The zero-order valence-corrected chi connectivity index (χ0v) is 18.8. The van der Waals surface area contributed by atoms with E-state index in [1.165, 1.54) is 5.56 Å². The lowest BCUT2D eigenvalue weighted by molar-refractivity contribution is -0.155. The van der Waals surface area contributed by atoms with Crippen molar-refractivity contribution in [1.82, 2.24) is 0 Å². The highest BCUT2D eigenvalue weighted by Gasteiger charge is 2.29. The number of hydrogen-bond donors (Lipinski definition) is 0. The molecular weight excluding hydrogens is 382 g/mol. The van der Waals surface area contributed by atoms with Crippen molar-refractivity contribution in [3.63, 3.8) is 0 Å². The number of rotatable bonds is 7. The van der Waals surface area contributed by atoms with Crippen LogP contribution in [0.15, 0.2) is 89.9 Å². The fourth-order valence-electron chi connectivity index (χ4n) is 3.57. The first-order valence-corrected chi connectivity index (χ1v) is 10.7. The minimum Gasteiger partial charge on any atom is -0.460 e. The maximum atomic E-state index is 12.8. The first-order valence-electron chi connectivity index (χ1n) is 10.7. The van der Waals surface area contributed by atoms with E-state index >= 15 is 0 Å². The Bertz CT molecular complexity index is 987. The van der Waals surface area contributed by atoms with Crippen molar-refractivity contribution in [1.29, 1.82) is 0 Å². The Morgan fingerprint density at radius 1 is 0.871 bits per heavy atom. The van der Waals surface area contributed by atoms with Crippen LogP contribution in [0.2, 0.25) is 0 Å². The highest BCUT2D eigenvalue weighted by atomic mass is 16.6. The summed E-state index contributed by atoms with van der Waals surface area (Å²) in [5.41, 5.74) is 3.87. The number of hydrogen-bond acceptors (Lipinski definition) is 3. The lowest BCUT2D eigenvalue weighted by Gasteiger charge is -2.27. The van der Waals surface area contributed by atoms with Crippen molar-refractivity contribution in [2.75, 3.05) is 0 Å². The number of carbonyl (C=O) groups is 1. The summed E-state index contributed by atoms with van der Waals surface area (Å²) in [6, 6.07) is 28.4. The Labute approximate surface area is 185 Å². The van der Waals surface area contributed by atoms with Crippen molar-refractivity contribution in [2.45, 2.75) is 51.7 Å². The number of carbonyl (C=O) groups excluding carboxylic acids is 1. The van der Waals surface area contributed by atoms with Crippen LogP contribution >= 0.6 is 0 Å². The predicted octanol–water partition coefficient (Wildman–Crippen LogP) is 6.67. The maximum Gasteiger partial charge on any atom is 0.307 e. The van der Waals surface area contributed by atoms with Gasteiger partial charge in [-0.1, -0.05) is 90.5 Å². The van der Waals surface area contributed by atoms with E-state index in [-0.39, 0.29) is 24.3 Å². The van der Waals surface area contributed by atoms with Gasteiger partial charge in [0.25, 0.3) is 0 Å². The largest absolute Gasteiger partial charge is 0.460 e. The first kappa shape index (κ1) is 22.5. The van der Waals surface area contributed by atoms with Crippen molar-refractivity contribution in [3.05, 3.63) is 107 Å². The van der Waals surface area contributed by atoms with Crippen molar-refractivity contribution < 1.29 is 9.53 Å². The van der Waals surface area contributed by atoms with Gasteiger partial charge in [-0.15, -0.1) is 0 Å². The number of ether oxygens (including phenoxy) is 1. The van der Waals surface area contributed by atoms with E-state index in [4.69, 9.17) is 9.73 Å². The van der Waals surface area contributed by atoms with Crippen molar-refractivity contribution >= 4 is 12.2 Å². The molecular formula is C28H31NO2. The Balaban J connectivity index is 1.99. The standard InChI is InChI=1S/C28H31NO2/c1-21-15-17-22(18-16-21)20-29-27(24-13-9-6-10-14-24)25(23-11-7-5-8-12-23)19-26(30)31-28(2,3)4/h5-18,20,25,27H,19H2,1-4H3/t25-,27+/m0/s1. The molecule has 0 spiro atoms. The average molecular weight is 414 g/mol. The second kappa shape index (κ2) is 10.2.